The molecule has 0 spiro atoms. The Hall–Kier alpha value is -3.11. The van der Waals surface area contributed by atoms with E-state index in [2.05, 4.69) is 22.0 Å². The molecule has 2 aromatic carbocycles. The first-order valence-electron chi connectivity index (χ1n) is 10.8. The number of aromatic nitrogens is 2. The first-order chi connectivity index (χ1) is 16.4. The number of anilines is 1. The van der Waals surface area contributed by atoms with Crippen LogP contribution in [0.3, 0.4) is 0 Å². The van der Waals surface area contributed by atoms with Gasteiger partial charge in [-0.3, -0.25) is 4.90 Å². The topological polar surface area (TPSA) is 65.7 Å². The molecule has 3 aromatic rings. The lowest BCUT2D eigenvalue weighted by atomic mass is 10.1. The molecule has 0 N–H and O–H groups in total. The third-order valence-corrected chi connectivity index (χ3v) is 5.93. The fourth-order valence-corrected chi connectivity index (χ4v) is 3.94. The van der Waals surface area contributed by atoms with Crippen molar-refractivity contribution >= 4 is 23.3 Å². The molecule has 1 aliphatic heterocycles. The normalized spacial score (nSPS) is 14.6. The quantitative estimate of drug-likeness (QED) is 0.470. The molecule has 0 bridgehead atoms. The smallest absolute Gasteiger partial charge is 0.324 e. The molecule has 0 saturated carbocycles. The first kappa shape index (κ1) is 24.0. The Labute approximate surface area is 199 Å². The summed E-state index contributed by atoms with van der Waals surface area (Å²) >= 11 is 6.16. The van der Waals surface area contributed by atoms with Crippen molar-refractivity contribution in [2.75, 3.05) is 37.6 Å². The number of nitrogens with zero attached hydrogens (tertiary/aromatic N) is 5. The van der Waals surface area contributed by atoms with Gasteiger partial charge in [0.1, 0.15) is 5.82 Å². The van der Waals surface area contributed by atoms with Crippen molar-refractivity contribution in [2.24, 2.45) is 0 Å². The summed E-state index contributed by atoms with van der Waals surface area (Å²) in [6, 6.07) is 10.6. The van der Waals surface area contributed by atoms with Gasteiger partial charge in [0.2, 0.25) is 5.89 Å². The largest absolute Gasteiger partial charge is 0.415 e. The van der Waals surface area contributed by atoms with Gasteiger partial charge in [-0.2, -0.15) is 8.78 Å². The van der Waals surface area contributed by atoms with Crippen LogP contribution in [0.2, 0.25) is 5.02 Å². The van der Waals surface area contributed by atoms with E-state index in [0.717, 1.165) is 25.7 Å². The fourth-order valence-electron chi connectivity index (χ4n) is 3.76. The number of amides is 2. The fraction of sp³-hybridized carbons (Fsp3) is 0.348. The maximum atomic E-state index is 15.0. The van der Waals surface area contributed by atoms with Crippen LogP contribution in [0.1, 0.15) is 24.8 Å². The maximum Gasteiger partial charge on any atom is 0.324 e. The van der Waals surface area contributed by atoms with Crippen LogP contribution >= 0.6 is 11.6 Å². The van der Waals surface area contributed by atoms with Gasteiger partial charge in [0.15, 0.2) is 0 Å². The summed E-state index contributed by atoms with van der Waals surface area (Å²) in [6.45, 7) is 5.59. The summed E-state index contributed by atoms with van der Waals surface area (Å²) in [5.41, 5.74) is 0.937. The molecular weight excluding hydrogens is 471 g/mol. The van der Waals surface area contributed by atoms with Crippen LogP contribution in [0.4, 0.5) is 23.7 Å². The van der Waals surface area contributed by atoms with E-state index in [-0.39, 0.29) is 29.6 Å². The van der Waals surface area contributed by atoms with Gasteiger partial charge in [-0.25, -0.2) is 9.18 Å². The lowest BCUT2D eigenvalue weighted by Crippen LogP contribution is -2.52. The van der Waals surface area contributed by atoms with Gasteiger partial charge in [0.25, 0.3) is 5.89 Å². The molecule has 4 rings (SSSR count). The minimum Gasteiger partial charge on any atom is -0.415 e. The Kier molecular flexibility index (Phi) is 7.38. The van der Waals surface area contributed by atoms with E-state index in [4.69, 9.17) is 16.0 Å². The van der Waals surface area contributed by atoms with E-state index in [9.17, 15) is 13.6 Å². The highest BCUT2D eigenvalue weighted by Gasteiger charge is 2.27. The minimum absolute atomic E-state index is 0.0502. The van der Waals surface area contributed by atoms with Crippen LogP contribution in [-0.2, 0) is 6.54 Å². The molecule has 1 fully saturated rings. The van der Waals surface area contributed by atoms with Gasteiger partial charge >= 0.3 is 12.5 Å². The van der Waals surface area contributed by atoms with Crippen LogP contribution in [0.5, 0.6) is 0 Å². The van der Waals surface area contributed by atoms with Crippen LogP contribution in [0.25, 0.3) is 11.5 Å². The standard InChI is InChI=1S/C23H23ClF3N5O2/c1-2-30-8-10-31(11-9-30)23(33)32(18-5-3-4-17(24)13-18)14-16-7-6-15(12-19(16)25)21-28-29-22(34-21)20(26)27/h3-7,12-13,20H,2,8-11,14H2,1H3. The van der Waals surface area contributed by atoms with Crippen molar-refractivity contribution in [3.8, 4) is 11.5 Å². The van der Waals surface area contributed by atoms with Gasteiger partial charge in [-0.15, -0.1) is 10.2 Å². The molecule has 7 nitrogen and oxygen atoms in total. The third-order valence-electron chi connectivity index (χ3n) is 5.70. The van der Waals surface area contributed by atoms with Crippen molar-refractivity contribution < 1.29 is 22.4 Å². The van der Waals surface area contributed by atoms with Gasteiger partial charge in [-0.1, -0.05) is 30.7 Å². The molecule has 2 heterocycles. The van der Waals surface area contributed by atoms with Gasteiger partial charge < -0.3 is 14.2 Å². The molecule has 11 heteroatoms. The average molecular weight is 494 g/mol. The number of rotatable bonds is 6. The second kappa shape index (κ2) is 10.4. The molecule has 0 unspecified atom stereocenters. The van der Waals surface area contributed by atoms with Gasteiger partial charge in [-0.05, 0) is 36.9 Å². The average Bonchev–Trinajstić information content (AvgIpc) is 3.34. The number of hydrogen-bond acceptors (Lipinski definition) is 5. The van der Waals surface area contributed by atoms with Crippen molar-refractivity contribution in [3.05, 3.63) is 64.8 Å². The molecule has 0 atom stereocenters. The number of benzene rings is 2. The summed E-state index contributed by atoms with van der Waals surface area (Å²) < 4.78 is 45.4. The van der Waals surface area contributed by atoms with E-state index in [0.29, 0.717) is 23.8 Å². The Morgan fingerprint density at radius 1 is 1.15 bits per heavy atom. The Morgan fingerprint density at radius 3 is 2.53 bits per heavy atom. The third kappa shape index (κ3) is 5.34. The van der Waals surface area contributed by atoms with Crippen LogP contribution in [0.15, 0.2) is 46.9 Å². The van der Waals surface area contributed by atoms with Crippen LogP contribution in [-0.4, -0.2) is 58.8 Å². The zero-order chi connectivity index (χ0) is 24.2. The zero-order valence-corrected chi connectivity index (χ0v) is 19.2. The summed E-state index contributed by atoms with van der Waals surface area (Å²) in [5.74, 6) is -1.68. The number of hydrogen-bond donors (Lipinski definition) is 0. The molecule has 180 valence electrons. The zero-order valence-electron chi connectivity index (χ0n) is 18.4. The second-order valence-corrected chi connectivity index (χ2v) is 8.26. The predicted molar refractivity (Wildman–Crippen MR) is 121 cm³/mol. The van der Waals surface area contributed by atoms with Crippen LogP contribution < -0.4 is 4.90 Å². The van der Waals surface area contributed by atoms with Crippen molar-refractivity contribution in [2.45, 2.75) is 19.9 Å². The highest BCUT2D eigenvalue weighted by atomic mass is 35.5. The summed E-state index contributed by atoms with van der Waals surface area (Å²) in [6.07, 6.45) is -2.91. The number of carbonyl (C=O) groups is 1. The molecule has 34 heavy (non-hydrogen) atoms. The molecule has 0 aliphatic carbocycles. The predicted octanol–water partition coefficient (Wildman–Crippen LogP) is 5.23. The lowest BCUT2D eigenvalue weighted by Gasteiger charge is -2.37. The Morgan fingerprint density at radius 2 is 1.91 bits per heavy atom. The summed E-state index contributed by atoms with van der Waals surface area (Å²) in [5, 5.41) is 7.26. The highest BCUT2D eigenvalue weighted by molar-refractivity contribution is 6.30. The van der Waals surface area contributed by atoms with E-state index < -0.39 is 18.1 Å². The highest BCUT2D eigenvalue weighted by Crippen LogP contribution is 2.27. The van der Waals surface area contributed by atoms with E-state index in [1.54, 1.807) is 29.2 Å². The molecule has 2 amide bonds. The lowest BCUT2D eigenvalue weighted by molar-refractivity contribution is 0.116. The van der Waals surface area contributed by atoms with Crippen molar-refractivity contribution in [1.29, 1.82) is 0 Å². The SMILES string of the molecule is CCN1CCN(C(=O)N(Cc2ccc(-c3nnc(C(F)F)o3)cc2F)c2cccc(Cl)c2)CC1. The Balaban J connectivity index is 1.59. The summed E-state index contributed by atoms with van der Waals surface area (Å²) in [7, 11) is 0. The number of carbonyl (C=O) groups excluding carboxylic acids is 1. The first-order valence-corrected chi connectivity index (χ1v) is 11.2. The van der Waals surface area contributed by atoms with E-state index in [1.807, 2.05) is 0 Å². The van der Waals surface area contributed by atoms with Gasteiger partial charge in [0, 0.05) is 48.0 Å². The van der Waals surface area contributed by atoms with Gasteiger partial charge in [0.05, 0.1) is 6.54 Å². The van der Waals surface area contributed by atoms with E-state index >= 15 is 4.39 Å². The number of likely N-dealkylation sites (N-methyl/N-ethyl adjacent to an activating group) is 1. The monoisotopic (exact) mass is 493 g/mol. The van der Waals surface area contributed by atoms with Crippen molar-refractivity contribution in [1.82, 2.24) is 20.0 Å². The number of halogens is 4. The molecule has 1 aliphatic rings. The van der Waals surface area contributed by atoms with Crippen molar-refractivity contribution in [3.63, 3.8) is 0 Å². The number of piperazine rings is 1. The Bertz CT molecular complexity index is 1150. The molecular formula is C23H23ClF3N5O2. The van der Waals surface area contributed by atoms with Crippen LogP contribution in [0, 0.1) is 5.82 Å². The summed E-state index contributed by atoms with van der Waals surface area (Å²) in [4.78, 5) is 18.9. The molecule has 1 saturated heterocycles. The molecule has 0 radical (unpaired) electrons. The maximum absolute atomic E-state index is 15.0. The van der Waals surface area contributed by atoms with E-state index in [1.165, 1.54) is 17.0 Å². The molecule has 1 aromatic heterocycles. The number of urea groups is 1. The second-order valence-electron chi connectivity index (χ2n) is 7.82. The minimum atomic E-state index is -2.91. The number of alkyl halides is 2.